The van der Waals surface area contributed by atoms with Gasteiger partial charge in [-0.1, -0.05) is 60.1 Å². The Morgan fingerprint density at radius 3 is 2.63 bits per heavy atom. The minimum atomic E-state index is -0.866. The number of nitrogens with one attached hydrogen (secondary N) is 1. The smallest absolute Gasteiger partial charge is 0.321 e. The zero-order valence-electron chi connectivity index (χ0n) is 16.4. The van der Waals surface area contributed by atoms with Gasteiger partial charge in [0.25, 0.3) is 0 Å². The summed E-state index contributed by atoms with van der Waals surface area (Å²) in [7, 11) is 0. The molecule has 0 spiro atoms. The summed E-state index contributed by atoms with van der Waals surface area (Å²) in [5, 5.41) is 13.8. The summed E-state index contributed by atoms with van der Waals surface area (Å²) >= 11 is 11.2. The number of aliphatic carboxylic acids is 1. The van der Waals surface area contributed by atoms with Crippen molar-refractivity contribution in [1.82, 2.24) is 14.9 Å². The van der Waals surface area contributed by atoms with Crippen LogP contribution in [0.4, 0.5) is 0 Å². The number of hydrogen-bond acceptors (Lipinski definition) is 4. The molecule has 0 radical (unpaired) electrons. The lowest BCUT2D eigenvalue weighted by atomic mass is 10.0. The van der Waals surface area contributed by atoms with Crippen LogP contribution >= 0.6 is 24.2 Å². The lowest BCUT2D eigenvalue weighted by Gasteiger charge is -2.23. The minimum Gasteiger partial charge on any atom is -0.480 e. The van der Waals surface area contributed by atoms with E-state index < -0.39 is 12.0 Å². The van der Waals surface area contributed by atoms with Gasteiger partial charge in [-0.3, -0.25) is 10.1 Å². The third-order valence-electron chi connectivity index (χ3n) is 5.77. The Bertz CT molecular complexity index is 1030. The molecule has 3 aromatic rings. The van der Waals surface area contributed by atoms with Crippen molar-refractivity contribution in [3.05, 3.63) is 89.0 Å². The molecular formula is C23H24ClN3O2S. The van der Waals surface area contributed by atoms with Crippen LogP contribution in [0.25, 0.3) is 0 Å². The lowest BCUT2D eigenvalue weighted by molar-refractivity contribution is -0.139. The fourth-order valence-electron chi connectivity index (χ4n) is 3.96. The number of carboxylic acids is 1. The molecule has 4 rings (SSSR count). The van der Waals surface area contributed by atoms with E-state index in [1.54, 1.807) is 6.20 Å². The molecule has 1 aliphatic rings. The summed E-state index contributed by atoms with van der Waals surface area (Å²) < 4.78 is 2.14. The molecule has 5 nitrogen and oxygen atoms in total. The van der Waals surface area contributed by atoms with Gasteiger partial charge in [0.05, 0.1) is 17.6 Å². The molecule has 3 atom stereocenters. The molecule has 7 heteroatoms. The Balaban J connectivity index is 1.50. The molecule has 0 amide bonds. The quantitative estimate of drug-likeness (QED) is 0.440. The highest BCUT2D eigenvalue weighted by molar-refractivity contribution is 7.81. The van der Waals surface area contributed by atoms with Crippen molar-refractivity contribution < 1.29 is 9.90 Å². The van der Waals surface area contributed by atoms with E-state index in [0.29, 0.717) is 13.0 Å². The number of hydrogen-bond donors (Lipinski definition) is 3. The van der Waals surface area contributed by atoms with E-state index in [-0.39, 0.29) is 10.8 Å². The molecule has 2 aromatic carbocycles. The molecule has 0 aliphatic heterocycles. The zero-order valence-corrected chi connectivity index (χ0v) is 18.1. The molecule has 2 N–H and O–H groups in total. The number of carbonyl (C=O) groups is 1. The highest BCUT2D eigenvalue weighted by atomic mass is 35.5. The topological polar surface area (TPSA) is 67.2 Å². The van der Waals surface area contributed by atoms with E-state index in [9.17, 15) is 9.90 Å². The second-order valence-electron chi connectivity index (χ2n) is 7.81. The van der Waals surface area contributed by atoms with Gasteiger partial charge in [0.2, 0.25) is 0 Å². The fourth-order valence-corrected chi connectivity index (χ4v) is 4.69. The number of rotatable bonds is 9. The summed E-state index contributed by atoms with van der Waals surface area (Å²) in [6.07, 6.45) is 5.70. The molecule has 0 bridgehead atoms. The number of benzene rings is 2. The van der Waals surface area contributed by atoms with E-state index in [1.807, 2.05) is 60.9 Å². The maximum atomic E-state index is 11.8. The maximum absolute atomic E-state index is 11.8. The van der Waals surface area contributed by atoms with Gasteiger partial charge in [-0.2, -0.15) is 12.6 Å². The van der Waals surface area contributed by atoms with Gasteiger partial charge in [-0.05, 0) is 36.5 Å². The highest BCUT2D eigenvalue weighted by Crippen LogP contribution is 2.51. The molecular weight excluding hydrogens is 418 g/mol. The van der Waals surface area contributed by atoms with Gasteiger partial charge in [0.15, 0.2) is 0 Å². The molecule has 0 saturated heterocycles. The van der Waals surface area contributed by atoms with Crippen LogP contribution in [0, 0.1) is 0 Å². The summed E-state index contributed by atoms with van der Waals surface area (Å²) in [6.45, 7) is 0.411. The van der Waals surface area contributed by atoms with Gasteiger partial charge in [0.1, 0.15) is 6.04 Å². The number of thiol groups is 1. The van der Waals surface area contributed by atoms with Gasteiger partial charge < -0.3 is 9.67 Å². The molecule has 156 valence electrons. The van der Waals surface area contributed by atoms with Crippen molar-refractivity contribution in [2.75, 3.05) is 0 Å². The van der Waals surface area contributed by atoms with Gasteiger partial charge in [-0.15, -0.1) is 0 Å². The van der Waals surface area contributed by atoms with Gasteiger partial charge in [-0.25, -0.2) is 4.98 Å². The molecule has 1 heterocycles. The number of nitrogens with zero attached hydrogens (tertiary/aromatic N) is 2. The van der Waals surface area contributed by atoms with E-state index in [4.69, 9.17) is 24.2 Å². The van der Waals surface area contributed by atoms with Crippen molar-refractivity contribution in [1.29, 1.82) is 0 Å². The van der Waals surface area contributed by atoms with Crippen molar-refractivity contribution in [3.8, 4) is 0 Å². The highest BCUT2D eigenvalue weighted by Gasteiger charge is 2.54. The van der Waals surface area contributed by atoms with E-state index >= 15 is 0 Å². The second kappa shape index (κ2) is 8.84. The SMILES string of the molecule is O=C(O)C(Cc1ccccc1)NCc1cncn1C1(Cc2ccccc2Cl)CC1S. The number of carboxylic acid groups (broad SMARTS) is 1. The number of halogens is 1. The van der Waals surface area contributed by atoms with Crippen molar-refractivity contribution in [2.45, 2.75) is 42.6 Å². The van der Waals surface area contributed by atoms with Crippen LogP contribution in [-0.4, -0.2) is 31.9 Å². The van der Waals surface area contributed by atoms with Crippen LogP contribution in [0.1, 0.15) is 23.2 Å². The lowest BCUT2D eigenvalue weighted by Crippen LogP contribution is -2.39. The summed E-state index contributed by atoms with van der Waals surface area (Å²) in [4.78, 5) is 16.1. The number of aromatic nitrogens is 2. The molecule has 1 fully saturated rings. The van der Waals surface area contributed by atoms with Crippen molar-refractivity contribution >= 4 is 30.2 Å². The largest absolute Gasteiger partial charge is 0.480 e. The Hall–Kier alpha value is -2.28. The first kappa shape index (κ1) is 21.0. The predicted octanol–water partition coefficient (Wildman–Crippen LogP) is 3.96. The van der Waals surface area contributed by atoms with Crippen molar-refractivity contribution in [2.24, 2.45) is 0 Å². The van der Waals surface area contributed by atoms with Gasteiger partial charge in [0, 0.05) is 23.0 Å². The van der Waals surface area contributed by atoms with Crippen LogP contribution in [0.3, 0.4) is 0 Å². The Labute approximate surface area is 186 Å². The third kappa shape index (κ3) is 4.41. The van der Waals surface area contributed by atoms with Crippen LogP contribution < -0.4 is 5.32 Å². The monoisotopic (exact) mass is 441 g/mol. The van der Waals surface area contributed by atoms with E-state index in [2.05, 4.69) is 14.9 Å². The molecule has 3 unspecified atom stereocenters. The Morgan fingerprint density at radius 2 is 1.97 bits per heavy atom. The third-order valence-corrected chi connectivity index (χ3v) is 6.80. The Morgan fingerprint density at radius 1 is 1.27 bits per heavy atom. The first-order valence-corrected chi connectivity index (χ1v) is 10.8. The van der Waals surface area contributed by atoms with Crippen LogP contribution in [0.2, 0.25) is 5.02 Å². The Kier molecular flexibility index (Phi) is 6.18. The fraction of sp³-hybridized carbons (Fsp3) is 0.304. The molecule has 1 aliphatic carbocycles. The number of imidazole rings is 1. The normalized spacial score (nSPS) is 21.3. The average molecular weight is 442 g/mol. The summed E-state index contributed by atoms with van der Waals surface area (Å²) in [5.41, 5.74) is 2.81. The minimum absolute atomic E-state index is 0.195. The zero-order chi connectivity index (χ0) is 21.1. The van der Waals surface area contributed by atoms with Crippen LogP contribution in [0.5, 0.6) is 0 Å². The summed E-state index contributed by atoms with van der Waals surface area (Å²) in [5.74, 6) is -0.866. The summed E-state index contributed by atoms with van der Waals surface area (Å²) in [6, 6.07) is 16.8. The van der Waals surface area contributed by atoms with Crippen molar-refractivity contribution in [3.63, 3.8) is 0 Å². The molecule has 1 saturated carbocycles. The predicted molar refractivity (Wildman–Crippen MR) is 121 cm³/mol. The van der Waals surface area contributed by atoms with Gasteiger partial charge >= 0.3 is 5.97 Å². The van der Waals surface area contributed by atoms with Crippen LogP contribution in [0.15, 0.2) is 67.1 Å². The standard InChI is InChI=1S/C23H24ClN3O2S/c24-19-9-5-4-8-17(19)11-23(12-21(23)30)27-15-25-13-18(27)14-26-20(22(28)29)10-16-6-2-1-3-7-16/h1-9,13,15,20-21,26,30H,10-12,14H2,(H,28,29). The van der Waals surface area contributed by atoms with E-state index in [0.717, 1.165) is 34.7 Å². The van der Waals surface area contributed by atoms with E-state index in [1.165, 1.54) is 0 Å². The second-order valence-corrected chi connectivity index (χ2v) is 8.84. The molecule has 30 heavy (non-hydrogen) atoms. The van der Waals surface area contributed by atoms with Crippen LogP contribution in [-0.2, 0) is 29.7 Å². The average Bonchev–Trinajstić information content (AvgIpc) is 3.15. The molecule has 1 aromatic heterocycles. The maximum Gasteiger partial charge on any atom is 0.321 e. The first-order valence-electron chi connectivity index (χ1n) is 9.93. The first-order chi connectivity index (χ1) is 14.5.